The summed E-state index contributed by atoms with van der Waals surface area (Å²) in [5.74, 6) is -1.31. The number of aromatic hydroxyl groups is 1. The predicted octanol–water partition coefficient (Wildman–Crippen LogP) is 3.93. The van der Waals surface area contributed by atoms with E-state index < -0.39 is 24.3 Å². The van der Waals surface area contributed by atoms with Gasteiger partial charge >= 0.3 is 0 Å². The lowest BCUT2D eigenvalue weighted by atomic mass is 10.0. The molecule has 0 fully saturated rings. The van der Waals surface area contributed by atoms with Crippen LogP contribution in [0.2, 0.25) is 0 Å². The molecule has 0 aliphatic carbocycles. The minimum absolute atomic E-state index is 0.0172. The molecule has 1 unspecified atom stereocenters. The molecule has 0 saturated heterocycles. The maximum Gasteiger partial charge on any atom is 0.133 e. The Balaban J connectivity index is 2.15. The number of aliphatic hydroxyl groups is 2. The van der Waals surface area contributed by atoms with Gasteiger partial charge in [-0.1, -0.05) is 22.0 Å². The largest absolute Gasteiger partial charge is 0.507 e. The van der Waals surface area contributed by atoms with Crippen LogP contribution < -0.4 is 5.32 Å². The van der Waals surface area contributed by atoms with Gasteiger partial charge in [0.05, 0.1) is 24.0 Å². The van der Waals surface area contributed by atoms with E-state index in [2.05, 4.69) is 26.2 Å². The lowest BCUT2D eigenvalue weighted by Crippen LogP contribution is -2.23. The maximum atomic E-state index is 14.3. The number of pyridine rings is 1. The number of aromatic nitrogens is 1. The molecule has 0 saturated carbocycles. The number of hydrogen-bond acceptors (Lipinski definition) is 5. The quantitative estimate of drug-likeness (QED) is 0.457. The van der Waals surface area contributed by atoms with Crippen LogP contribution in [0.15, 0.2) is 53.0 Å². The van der Waals surface area contributed by atoms with Crippen molar-refractivity contribution < 1.29 is 24.1 Å². The molecule has 3 aromatic rings. The van der Waals surface area contributed by atoms with E-state index in [1.54, 1.807) is 12.1 Å². The van der Waals surface area contributed by atoms with Crippen molar-refractivity contribution in [3.63, 3.8) is 0 Å². The number of phenols is 1. The van der Waals surface area contributed by atoms with Gasteiger partial charge in [0.2, 0.25) is 0 Å². The summed E-state index contributed by atoms with van der Waals surface area (Å²) in [7, 11) is 0. The van der Waals surface area contributed by atoms with Crippen molar-refractivity contribution in [1.29, 1.82) is 0 Å². The molecule has 2 aromatic carbocycles. The molecule has 1 aromatic heterocycles. The molecule has 3 rings (SSSR count). The smallest absolute Gasteiger partial charge is 0.133 e. The van der Waals surface area contributed by atoms with Crippen LogP contribution in [0.25, 0.3) is 22.4 Å². The second-order valence-electron chi connectivity index (χ2n) is 6.10. The molecule has 4 N–H and O–H groups in total. The Morgan fingerprint density at radius 2 is 1.79 bits per heavy atom. The summed E-state index contributed by atoms with van der Waals surface area (Å²) in [4.78, 5) is 4.37. The van der Waals surface area contributed by atoms with Gasteiger partial charge in [-0.3, -0.25) is 0 Å². The lowest BCUT2D eigenvalue weighted by Gasteiger charge is -2.14. The summed E-state index contributed by atoms with van der Waals surface area (Å²) in [6.45, 7) is -0.468. The average molecular weight is 451 g/mol. The molecule has 0 spiro atoms. The van der Waals surface area contributed by atoms with Crippen LogP contribution in [-0.4, -0.2) is 39.6 Å². The van der Waals surface area contributed by atoms with Crippen LogP contribution in [-0.2, 0) is 0 Å². The first-order valence-corrected chi connectivity index (χ1v) is 9.16. The fourth-order valence-electron chi connectivity index (χ4n) is 2.68. The van der Waals surface area contributed by atoms with Crippen LogP contribution in [0, 0.1) is 11.6 Å². The summed E-state index contributed by atoms with van der Waals surface area (Å²) in [5.41, 5.74) is 0.617. The van der Waals surface area contributed by atoms with E-state index in [9.17, 15) is 19.0 Å². The third-order valence-corrected chi connectivity index (χ3v) is 4.53. The summed E-state index contributed by atoms with van der Waals surface area (Å²) >= 11 is 3.32. The zero-order valence-electron chi connectivity index (χ0n) is 14.5. The Morgan fingerprint density at radius 1 is 1.07 bits per heavy atom. The van der Waals surface area contributed by atoms with Gasteiger partial charge in [-0.2, -0.15) is 0 Å². The number of nitrogens with zero attached hydrogens (tertiary/aromatic N) is 1. The highest BCUT2D eigenvalue weighted by molar-refractivity contribution is 9.10. The molecule has 1 heterocycles. The molecule has 8 heteroatoms. The Hall–Kier alpha value is -2.55. The highest BCUT2D eigenvalue weighted by Gasteiger charge is 2.16. The number of hydrogen-bond donors (Lipinski definition) is 4. The first-order valence-electron chi connectivity index (χ1n) is 8.37. The molecule has 0 bridgehead atoms. The van der Waals surface area contributed by atoms with Gasteiger partial charge in [0.1, 0.15) is 23.2 Å². The lowest BCUT2D eigenvalue weighted by molar-refractivity contribution is 0.105. The normalized spacial score (nSPS) is 12.0. The van der Waals surface area contributed by atoms with E-state index in [1.807, 2.05) is 0 Å². The molecular weight excluding hydrogens is 434 g/mol. The predicted molar refractivity (Wildman–Crippen MR) is 106 cm³/mol. The van der Waals surface area contributed by atoms with Gasteiger partial charge in [0.25, 0.3) is 0 Å². The Kier molecular flexibility index (Phi) is 6.23. The minimum atomic E-state index is -1.03. The fraction of sp³-hybridized carbons (Fsp3) is 0.150. The number of nitrogens with one attached hydrogen (secondary N) is 1. The molecule has 1 atom stereocenters. The molecule has 146 valence electrons. The topological polar surface area (TPSA) is 85.6 Å². The number of rotatable bonds is 6. The Labute approximate surface area is 168 Å². The fourth-order valence-corrected chi connectivity index (χ4v) is 3.04. The van der Waals surface area contributed by atoms with Gasteiger partial charge in [-0.25, -0.2) is 13.8 Å². The van der Waals surface area contributed by atoms with E-state index in [4.69, 9.17) is 5.11 Å². The number of benzene rings is 2. The minimum Gasteiger partial charge on any atom is -0.507 e. The van der Waals surface area contributed by atoms with E-state index in [1.165, 1.54) is 24.3 Å². The molecule has 0 aliphatic rings. The molecule has 0 amide bonds. The Morgan fingerprint density at radius 3 is 2.46 bits per heavy atom. The second kappa shape index (κ2) is 8.64. The van der Waals surface area contributed by atoms with Gasteiger partial charge in [0, 0.05) is 16.6 Å². The standard InChI is InChI=1S/C20H17BrF2N2O3/c21-12-4-5-18(28)14(8-12)17-6-11(20-15(22)2-1-3-16(20)23)7-19(25-17)24-9-13(27)10-26/h1-8,13,26-28H,9-10H2,(H,24,25). The third-order valence-electron chi connectivity index (χ3n) is 4.04. The SMILES string of the molecule is OCC(O)CNc1cc(-c2c(F)cccc2F)cc(-c2cc(Br)ccc2O)n1. The second-order valence-corrected chi connectivity index (χ2v) is 7.02. The zero-order chi connectivity index (χ0) is 20.3. The summed E-state index contributed by atoms with van der Waals surface area (Å²) in [6.07, 6.45) is -1.03. The third kappa shape index (κ3) is 4.46. The molecule has 0 aliphatic heterocycles. The Bertz CT molecular complexity index is 981. The van der Waals surface area contributed by atoms with Gasteiger partial charge in [0.15, 0.2) is 0 Å². The zero-order valence-corrected chi connectivity index (χ0v) is 16.1. The van der Waals surface area contributed by atoms with Crippen molar-refractivity contribution in [2.75, 3.05) is 18.5 Å². The highest BCUT2D eigenvalue weighted by Crippen LogP contribution is 2.35. The maximum absolute atomic E-state index is 14.3. The van der Waals surface area contributed by atoms with Gasteiger partial charge < -0.3 is 20.6 Å². The number of phenolic OH excluding ortho intramolecular Hbond substituents is 1. The first-order chi connectivity index (χ1) is 13.4. The molecule has 5 nitrogen and oxygen atoms in total. The van der Waals surface area contributed by atoms with Crippen molar-refractivity contribution in [2.24, 2.45) is 0 Å². The van der Waals surface area contributed by atoms with Crippen molar-refractivity contribution >= 4 is 21.7 Å². The molecule has 28 heavy (non-hydrogen) atoms. The van der Waals surface area contributed by atoms with Crippen molar-refractivity contribution in [2.45, 2.75) is 6.10 Å². The first kappa shape index (κ1) is 20.2. The van der Waals surface area contributed by atoms with Crippen molar-refractivity contribution in [3.05, 3.63) is 64.6 Å². The summed E-state index contributed by atoms with van der Waals surface area (Å²) in [6, 6.07) is 11.2. The summed E-state index contributed by atoms with van der Waals surface area (Å²) < 4.78 is 29.3. The summed E-state index contributed by atoms with van der Waals surface area (Å²) in [5, 5.41) is 31.6. The van der Waals surface area contributed by atoms with E-state index >= 15 is 0 Å². The number of anilines is 1. The van der Waals surface area contributed by atoms with Crippen LogP contribution in [0.3, 0.4) is 0 Å². The van der Waals surface area contributed by atoms with E-state index in [0.717, 1.165) is 12.1 Å². The van der Waals surface area contributed by atoms with E-state index in [-0.39, 0.29) is 34.9 Å². The van der Waals surface area contributed by atoms with Crippen LogP contribution >= 0.6 is 15.9 Å². The average Bonchev–Trinajstić information content (AvgIpc) is 2.67. The number of aliphatic hydroxyl groups excluding tert-OH is 2. The van der Waals surface area contributed by atoms with Crippen LogP contribution in [0.4, 0.5) is 14.6 Å². The van der Waals surface area contributed by atoms with Crippen molar-refractivity contribution in [1.82, 2.24) is 4.98 Å². The van der Waals surface area contributed by atoms with E-state index in [0.29, 0.717) is 10.0 Å². The van der Waals surface area contributed by atoms with Gasteiger partial charge in [-0.05, 0) is 48.0 Å². The van der Waals surface area contributed by atoms with Crippen LogP contribution in [0.1, 0.15) is 0 Å². The van der Waals surface area contributed by atoms with Gasteiger partial charge in [-0.15, -0.1) is 0 Å². The molecular formula is C20H17BrF2N2O3. The molecule has 0 radical (unpaired) electrons. The van der Waals surface area contributed by atoms with Crippen LogP contribution in [0.5, 0.6) is 5.75 Å². The monoisotopic (exact) mass is 450 g/mol. The highest BCUT2D eigenvalue weighted by atomic mass is 79.9. The van der Waals surface area contributed by atoms with Crippen molar-refractivity contribution in [3.8, 4) is 28.1 Å². The number of halogens is 3.